The molecule has 0 unspecified atom stereocenters. The molecule has 0 radical (unpaired) electrons. The summed E-state index contributed by atoms with van der Waals surface area (Å²) >= 11 is 0. The van der Waals surface area contributed by atoms with Crippen molar-refractivity contribution in [1.82, 2.24) is 0 Å². The van der Waals surface area contributed by atoms with Crippen LogP contribution in [0.4, 0.5) is 0 Å². The smallest absolute Gasteiger partial charge is 0.338 e. The van der Waals surface area contributed by atoms with Gasteiger partial charge < -0.3 is 14.2 Å². The lowest BCUT2D eigenvalue weighted by Crippen LogP contribution is -2.17. The minimum Gasteiger partial charge on any atom is -0.486 e. The Bertz CT molecular complexity index is 649. The van der Waals surface area contributed by atoms with E-state index in [1.54, 1.807) is 12.1 Å². The average molecular weight is 284 g/mol. The van der Waals surface area contributed by atoms with Crippen LogP contribution in [0, 0.1) is 6.92 Å². The summed E-state index contributed by atoms with van der Waals surface area (Å²) in [6.45, 7) is 3.13. The summed E-state index contributed by atoms with van der Waals surface area (Å²) in [6.07, 6.45) is 0. The van der Waals surface area contributed by atoms with E-state index in [0.29, 0.717) is 30.3 Å². The molecule has 0 amide bonds. The van der Waals surface area contributed by atoms with Crippen LogP contribution < -0.4 is 9.47 Å². The van der Waals surface area contributed by atoms with Gasteiger partial charge in [-0.1, -0.05) is 30.3 Å². The van der Waals surface area contributed by atoms with Crippen molar-refractivity contribution in [3.63, 3.8) is 0 Å². The van der Waals surface area contributed by atoms with Gasteiger partial charge in [-0.05, 0) is 24.6 Å². The molecule has 108 valence electrons. The van der Waals surface area contributed by atoms with E-state index in [1.165, 1.54) is 0 Å². The molecular weight excluding hydrogens is 268 g/mol. The normalized spacial score (nSPS) is 12.8. The van der Waals surface area contributed by atoms with Crippen molar-refractivity contribution in [2.45, 2.75) is 13.5 Å². The fourth-order valence-electron chi connectivity index (χ4n) is 2.28. The van der Waals surface area contributed by atoms with Crippen molar-refractivity contribution in [2.75, 3.05) is 13.2 Å². The Hall–Kier alpha value is -2.49. The van der Waals surface area contributed by atoms with E-state index in [4.69, 9.17) is 14.2 Å². The number of ether oxygens (including phenoxy) is 3. The molecule has 0 saturated heterocycles. The zero-order valence-corrected chi connectivity index (χ0v) is 11.8. The van der Waals surface area contributed by atoms with Crippen molar-refractivity contribution in [3.05, 3.63) is 59.2 Å². The van der Waals surface area contributed by atoms with E-state index in [9.17, 15) is 4.79 Å². The van der Waals surface area contributed by atoms with Crippen LogP contribution in [0.15, 0.2) is 42.5 Å². The molecular formula is C17H16O4. The van der Waals surface area contributed by atoms with Crippen LogP contribution in [0.1, 0.15) is 21.5 Å². The Morgan fingerprint density at radius 1 is 1.10 bits per heavy atom. The van der Waals surface area contributed by atoms with Gasteiger partial charge in [0.2, 0.25) is 0 Å². The molecule has 21 heavy (non-hydrogen) atoms. The molecule has 1 aliphatic rings. The molecule has 4 heteroatoms. The maximum atomic E-state index is 12.2. The van der Waals surface area contributed by atoms with E-state index in [1.807, 2.05) is 37.3 Å². The first-order valence-corrected chi connectivity index (χ1v) is 6.86. The van der Waals surface area contributed by atoms with E-state index >= 15 is 0 Å². The highest BCUT2D eigenvalue weighted by Crippen LogP contribution is 2.35. The minimum absolute atomic E-state index is 0.257. The van der Waals surface area contributed by atoms with Gasteiger partial charge in [0.15, 0.2) is 11.5 Å². The number of rotatable bonds is 3. The predicted molar refractivity (Wildman–Crippen MR) is 77.7 cm³/mol. The molecule has 0 fully saturated rings. The molecule has 1 aliphatic heterocycles. The van der Waals surface area contributed by atoms with E-state index < -0.39 is 0 Å². The molecule has 0 aliphatic carbocycles. The molecule has 0 aromatic heterocycles. The summed E-state index contributed by atoms with van der Waals surface area (Å²) in [6, 6.07) is 13.1. The lowest BCUT2D eigenvalue weighted by atomic mass is 10.1. The second-order valence-electron chi connectivity index (χ2n) is 4.82. The Balaban J connectivity index is 1.76. The number of carbonyl (C=O) groups is 1. The first kappa shape index (κ1) is 13.5. The third kappa shape index (κ3) is 2.84. The van der Waals surface area contributed by atoms with Gasteiger partial charge in [0.25, 0.3) is 0 Å². The van der Waals surface area contributed by atoms with Crippen LogP contribution in [0.2, 0.25) is 0 Å². The SMILES string of the molecule is Cc1c(C(=O)OCc2ccccc2)ccc2c1OCCO2. The second kappa shape index (κ2) is 5.87. The van der Waals surface area contributed by atoms with Crippen LogP contribution in [-0.4, -0.2) is 19.2 Å². The Morgan fingerprint density at radius 2 is 1.86 bits per heavy atom. The predicted octanol–water partition coefficient (Wildman–Crippen LogP) is 3.12. The van der Waals surface area contributed by atoms with Crippen molar-refractivity contribution in [3.8, 4) is 11.5 Å². The zero-order chi connectivity index (χ0) is 14.7. The summed E-state index contributed by atoms with van der Waals surface area (Å²) in [4.78, 5) is 12.2. The molecule has 2 aromatic carbocycles. The molecule has 0 N–H and O–H groups in total. The third-order valence-corrected chi connectivity index (χ3v) is 3.39. The van der Waals surface area contributed by atoms with Gasteiger partial charge in [0, 0.05) is 5.56 Å². The summed E-state index contributed by atoms with van der Waals surface area (Å²) < 4.78 is 16.4. The number of fused-ring (bicyclic) bond motifs is 1. The summed E-state index contributed by atoms with van der Waals surface area (Å²) in [5, 5.41) is 0. The average Bonchev–Trinajstić information content (AvgIpc) is 2.54. The van der Waals surface area contributed by atoms with Crippen molar-refractivity contribution in [1.29, 1.82) is 0 Å². The standard InChI is InChI=1S/C17H16O4/c1-12-14(7-8-15-16(12)20-10-9-19-15)17(18)21-11-13-5-3-2-4-6-13/h2-8H,9-11H2,1H3. The highest BCUT2D eigenvalue weighted by Gasteiger charge is 2.20. The van der Waals surface area contributed by atoms with Gasteiger partial charge in [0.1, 0.15) is 19.8 Å². The monoisotopic (exact) mass is 284 g/mol. The van der Waals surface area contributed by atoms with Crippen LogP contribution in [0.3, 0.4) is 0 Å². The Morgan fingerprint density at radius 3 is 2.67 bits per heavy atom. The summed E-state index contributed by atoms with van der Waals surface area (Å²) in [7, 11) is 0. The van der Waals surface area contributed by atoms with Crippen molar-refractivity contribution >= 4 is 5.97 Å². The Kier molecular flexibility index (Phi) is 3.77. The minimum atomic E-state index is -0.353. The highest BCUT2D eigenvalue weighted by atomic mass is 16.6. The fourth-order valence-corrected chi connectivity index (χ4v) is 2.28. The molecule has 0 spiro atoms. The van der Waals surface area contributed by atoms with Gasteiger partial charge in [0.05, 0.1) is 5.56 Å². The molecule has 1 heterocycles. The summed E-state index contributed by atoms with van der Waals surface area (Å²) in [5.41, 5.74) is 2.22. The number of benzene rings is 2. The van der Waals surface area contributed by atoms with E-state index in [0.717, 1.165) is 11.1 Å². The van der Waals surface area contributed by atoms with E-state index in [-0.39, 0.29) is 12.6 Å². The molecule has 3 rings (SSSR count). The summed E-state index contributed by atoms with van der Waals surface area (Å²) in [5.74, 6) is 0.960. The molecule has 2 aromatic rings. The van der Waals surface area contributed by atoms with Gasteiger partial charge >= 0.3 is 5.97 Å². The largest absolute Gasteiger partial charge is 0.486 e. The number of hydrogen-bond donors (Lipinski definition) is 0. The highest BCUT2D eigenvalue weighted by molar-refractivity contribution is 5.92. The van der Waals surface area contributed by atoms with Gasteiger partial charge in [-0.15, -0.1) is 0 Å². The molecule has 0 saturated carbocycles. The first-order chi connectivity index (χ1) is 10.3. The maximum Gasteiger partial charge on any atom is 0.338 e. The van der Waals surface area contributed by atoms with Crippen molar-refractivity contribution in [2.24, 2.45) is 0 Å². The van der Waals surface area contributed by atoms with Crippen LogP contribution in [0.25, 0.3) is 0 Å². The maximum absolute atomic E-state index is 12.2. The van der Waals surface area contributed by atoms with Gasteiger partial charge in [-0.25, -0.2) is 4.79 Å². The quantitative estimate of drug-likeness (QED) is 0.812. The zero-order valence-electron chi connectivity index (χ0n) is 11.8. The number of esters is 1. The van der Waals surface area contributed by atoms with Gasteiger partial charge in [-0.3, -0.25) is 0 Å². The third-order valence-electron chi connectivity index (χ3n) is 3.39. The molecule has 0 atom stereocenters. The lowest BCUT2D eigenvalue weighted by molar-refractivity contribution is 0.0470. The van der Waals surface area contributed by atoms with E-state index in [2.05, 4.69) is 0 Å². The van der Waals surface area contributed by atoms with Crippen LogP contribution >= 0.6 is 0 Å². The molecule has 0 bridgehead atoms. The van der Waals surface area contributed by atoms with Crippen LogP contribution in [0.5, 0.6) is 11.5 Å². The first-order valence-electron chi connectivity index (χ1n) is 6.86. The second-order valence-corrected chi connectivity index (χ2v) is 4.82. The number of carbonyl (C=O) groups excluding carboxylic acids is 1. The topological polar surface area (TPSA) is 44.8 Å². The fraction of sp³-hybridized carbons (Fsp3) is 0.235. The van der Waals surface area contributed by atoms with Crippen molar-refractivity contribution < 1.29 is 19.0 Å². The van der Waals surface area contributed by atoms with Gasteiger partial charge in [-0.2, -0.15) is 0 Å². The number of hydrogen-bond acceptors (Lipinski definition) is 4. The lowest BCUT2D eigenvalue weighted by Gasteiger charge is -2.21. The Labute approximate surface area is 123 Å². The molecule has 4 nitrogen and oxygen atoms in total. The van der Waals surface area contributed by atoms with Crippen LogP contribution in [-0.2, 0) is 11.3 Å².